The Kier molecular flexibility index (Phi) is 4.91. The van der Waals surface area contributed by atoms with Crippen molar-refractivity contribution in [2.24, 2.45) is 0 Å². The smallest absolute Gasteiger partial charge is 0.249 e. The quantitative estimate of drug-likeness (QED) is 0.788. The van der Waals surface area contributed by atoms with Crippen LogP contribution in [0, 0.1) is 0 Å². The van der Waals surface area contributed by atoms with Gasteiger partial charge in [0.05, 0.1) is 0 Å². The van der Waals surface area contributed by atoms with Gasteiger partial charge < -0.3 is 0 Å². The van der Waals surface area contributed by atoms with Crippen molar-refractivity contribution >= 4 is 23.6 Å². The summed E-state index contributed by atoms with van der Waals surface area (Å²) in [5.74, 6) is 2.57. The fourth-order valence-electron chi connectivity index (χ4n) is 1.43. The number of hydrogen-bond donors (Lipinski definition) is 2. The number of carbonyl (C=O) groups is 1. The van der Waals surface area contributed by atoms with Crippen LogP contribution >= 0.6 is 11.8 Å². The Balaban J connectivity index is 1.93. The van der Waals surface area contributed by atoms with E-state index in [1.807, 2.05) is 18.2 Å². The maximum Gasteiger partial charge on any atom is 0.249 e. The number of rotatable bonds is 6. The molecule has 0 aliphatic carbocycles. The number of H-pyrrole nitrogens is 1. The normalized spacial score (nSPS) is 10.4. The highest BCUT2D eigenvalue weighted by atomic mass is 32.2. The summed E-state index contributed by atoms with van der Waals surface area (Å²) in [7, 11) is 0. The number of anilines is 1. The summed E-state index contributed by atoms with van der Waals surface area (Å²) in [4.78, 5) is 19.9. The predicted octanol–water partition coefficient (Wildman–Crippen LogP) is 1.95. The molecular weight excluding hydrogens is 262 g/mol. The van der Waals surface area contributed by atoms with Gasteiger partial charge in [0.2, 0.25) is 11.9 Å². The van der Waals surface area contributed by atoms with Crippen molar-refractivity contribution in [1.29, 1.82) is 0 Å². The van der Waals surface area contributed by atoms with E-state index in [0.717, 1.165) is 11.5 Å². The summed E-state index contributed by atoms with van der Waals surface area (Å²) in [6, 6.07) is 5.52. The zero-order valence-corrected chi connectivity index (χ0v) is 11.4. The number of hydrogen-bond acceptors (Lipinski definition) is 5. The average Bonchev–Trinajstić information content (AvgIpc) is 2.88. The van der Waals surface area contributed by atoms with E-state index in [0.29, 0.717) is 17.9 Å². The number of nitrogens with zero attached hydrogens (tertiary/aromatic N) is 3. The molecule has 0 bridgehead atoms. The minimum Gasteiger partial charge on any atom is -0.293 e. The van der Waals surface area contributed by atoms with Gasteiger partial charge in [0.25, 0.3) is 0 Å². The molecule has 2 aromatic rings. The van der Waals surface area contributed by atoms with Crippen LogP contribution in [0.5, 0.6) is 0 Å². The molecule has 0 atom stereocenters. The third kappa shape index (κ3) is 4.06. The molecule has 0 fully saturated rings. The maximum atomic E-state index is 11.6. The summed E-state index contributed by atoms with van der Waals surface area (Å²) >= 11 is 1.73. The van der Waals surface area contributed by atoms with Crippen LogP contribution in [0.4, 0.5) is 5.95 Å². The first-order chi connectivity index (χ1) is 9.29. The van der Waals surface area contributed by atoms with Crippen LogP contribution in [0.2, 0.25) is 0 Å². The zero-order valence-electron chi connectivity index (χ0n) is 10.6. The minimum absolute atomic E-state index is 0.0764. The van der Waals surface area contributed by atoms with Crippen molar-refractivity contribution in [1.82, 2.24) is 20.2 Å². The highest BCUT2D eigenvalue weighted by molar-refractivity contribution is 7.99. The van der Waals surface area contributed by atoms with Gasteiger partial charge in [-0.1, -0.05) is 13.0 Å². The van der Waals surface area contributed by atoms with Gasteiger partial charge in [-0.05, 0) is 17.9 Å². The van der Waals surface area contributed by atoms with Gasteiger partial charge in [0, 0.05) is 18.4 Å². The van der Waals surface area contributed by atoms with Crippen LogP contribution in [0.25, 0.3) is 11.5 Å². The van der Waals surface area contributed by atoms with E-state index < -0.39 is 0 Å². The zero-order chi connectivity index (χ0) is 13.5. The van der Waals surface area contributed by atoms with E-state index in [2.05, 4.69) is 32.4 Å². The van der Waals surface area contributed by atoms with Crippen LogP contribution in [0.15, 0.2) is 24.4 Å². The lowest BCUT2D eigenvalue weighted by Gasteiger charge is -1.99. The molecule has 2 aromatic heterocycles. The molecule has 0 spiro atoms. The largest absolute Gasteiger partial charge is 0.293 e. The number of thioether (sulfide) groups is 1. The lowest BCUT2D eigenvalue weighted by atomic mass is 10.3. The molecule has 2 heterocycles. The first-order valence-electron chi connectivity index (χ1n) is 6.01. The molecule has 0 aromatic carbocycles. The Morgan fingerprint density at radius 2 is 2.37 bits per heavy atom. The van der Waals surface area contributed by atoms with Crippen molar-refractivity contribution in [2.75, 3.05) is 16.8 Å². The lowest BCUT2D eigenvalue weighted by Crippen LogP contribution is -2.13. The second kappa shape index (κ2) is 6.89. The summed E-state index contributed by atoms with van der Waals surface area (Å²) in [6.45, 7) is 2.07. The van der Waals surface area contributed by atoms with Gasteiger partial charge in [-0.2, -0.15) is 16.7 Å². The summed E-state index contributed by atoms with van der Waals surface area (Å²) in [5, 5.41) is 9.35. The topological polar surface area (TPSA) is 83.6 Å². The molecular formula is C12H15N5OS. The van der Waals surface area contributed by atoms with Gasteiger partial charge in [-0.3, -0.25) is 20.2 Å². The molecule has 1 amide bonds. The molecule has 0 aliphatic rings. The van der Waals surface area contributed by atoms with Gasteiger partial charge in [-0.15, -0.1) is 5.10 Å². The molecule has 19 heavy (non-hydrogen) atoms. The number of aromatic amines is 1. The second-order valence-corrected chi connectivity index (χ2v) is 5.11. The number of amides is 1. The molecule has 100 valence electrons. The van der Waals surface area contributed by atoms with Gasteiger partial charge in [0.15, 0.2) is 5.82 Å². The Morgan fingerprint density at radius 3 is 3.11 bits per heavy atom. The van der Waals surface area contributed by atoms with Crippen molar-refractivity contribution in [3.05, 3.63) is 24.4 Å². The van der Waals surface area contributed by atoms with E-state index in [9.17, 15) is 4.79 Å². The van der Waals surface area contributed by atoms with Gasteiger partial charge >= 0.3 is 0 Å². The summed E-state index contributed by atoms with van der Waals surface area (Å²) < 4.78 is 0. The molecule has 0 radical (unpaired) electrons. The molecule has 0 saturated carbocycles. The fraction of sp³-hybridized carbons (Fsp3) is 0.333. The average molecular weight is 277 g/mol. The molecule has 0 aliphatic heterocycles. The Bertz CT molecular complexity index is 528. The summed E-state index contributed by atoms with van der Waals surface area (Å²) in [5.41, 5.74) is 0.692. The lowest BCUT2D eigenvalue weighted by molar-refractivity contribution is -0.115. The number of aromatic nitrogens is 4. The van der Waals surface area contributed by atoms with Gasteiger partial charge in [0.1, 0.15) is 5.69 Å². The minimum atomic E-state index is -0.0764. The fourth-order valence-corrected chi connectivity index (χ4v) is 2.05. The van der Waals surface area contributed by atoms with Crippen LogP contribution in [-0.4, -0.2) is 37.6 Å². The van der Waals surface area contributed by atoms with E-state index in [-0.39, 0.29) is 11.9 Å². The Morgan fingerprint density at radius 1 is 1.47 bits per heavy atom. The molecule has 0 unspecified atom stereocenters. The van der Waals surface area contributed by atoms with Crippen molar-refractivity contribution in [2.45, 2.75) is 13.3 Å². The third-order valence-electron chi connectivity index (χ3n) is 2.32. The van der Waals surface area contributed by atoms with E-state index in [1.54, 1.807) is 18.0 Å². The second-order valence-electron chi connectivity index (χ2n) is 3.72. The number of pyridine rings is 1. The number of nitrogens with one attached hydrogen (secondary N) is 2. The standard InChI is InChI=1S/C12H15N5OS/c1-2-19-8-6-10(18)14-12-15-11(16-17-12)9-5-3-4-7-13-9/h3-5,7H,2,6,8H2,1H3,(H2,14,15,16,17,18). The monoisotopic (exact) mass is 277 g/mol. The first-order valence-corrected chi connectivity index (χ1v) is 7.16. The SMILES string of the molecule is CCSCCC(=O)Nc1n[nH]c(-c2ccccn2)n1. The molecule has 2 rings (SSSR count). The molecule has 0 saturated heterocycles. The van der Waals surface area contributed by atoms with Crippen molar-refractivity contribution in [3.8, 4) is 11.5 Å². The highest BCUT2D eigenvalue weighted by Gasteiger charge is 2.09. The van der Waals surface area contributed by atoms with Crippen molar-refractivity contribution < 1.29 is 4.79 Å². The van der Waals surface area contributed by atoms with E-state index in [1.165, 1.54) is 0 Å². The van der Waals surface area contributed by atoms with E-state index >= 15 is 0 Å². The molecule has 2 N–H and O–H groups in total. The third-order valence-corrected chi connectivity index (χ3v) is 3.22. The van der Waals surface area contributed by atoms with Crippen molar-refractivity contribution in [3.63, 3.8) is 0 Å². The predicted molar refractivity (Wildman–Crippen MR) is 75.9 cm³/mol. The Labute approximate surface area is 115 Å². The van der Waals surface area contributed by atoms with E-state index in [4.69, 9.17) is 0 Å². The van der Waals surface area contributed by atoms with Crippen LogP contribution < -0.4 is 5.32 Å². The van der Waals surface area contributed by atoms with Crippen LogP contribution in [-0.2, 0) is 4.79 Å². The molecule has 6 nitrogen and oxygen atoms in total. The highest BCUT2D eigenvalue weighted by Crippen LogP contribution is 2.12. The maximum absolute atomic E-state index is 11.6. The van der Waals surface area contributed by atoms with Gasteiger partial charge in [-0.25, -0.2) is 0 Å². The van der Waals surface area contributed by atoms with Crippen LogP contribution in [0.3, 0.4) is 0 Å². The van der Waals surface area contributed by atoms with Crippen LogP contribution in [0.1, 0.15) is 13.3 Å². The summed E-state index contributed by atoms with van der Waals surface area (Å²) in [6.07, 6.45) is 2.14. The molecule has 7 heteroatoms. The number of carbonyl (C=O) groups excluding carboxylic acids is 1. The Hall–Kier alpha value is -1.89. The first kappa shape index (κ1) is 13.5.